The number of methoxy groups -OCH3 is 1. The van der Waals surface area contributed by atoms with Crippen LogP contribution in [0.1, 0.15) is 135 Å². The number of aliphatic hydroxyl groups is 2. The van der Waals surface area contributed by atoms with Gasteiger partial charge in [-0.05, 0) is 129 Å². The maximum absolute atomic E-state index is 14.8. The van der Waals surface area contributed by atoms with Crippen molar-refractivity contribution in [3.8, 4) is 0 Å². The van der Waals surface area contributed by atoms with Crippen LogP contribution < -0.4 is 16.6 Å². The minimum absolute atomic E-state index is 0.0567. The van der Waals surface area contributed by atoms with Gasteiger partial charge in [0, 0.05) is 43.5 Å². The number of rotatable bonds is 13. The van der Waals surface area contributed by atoms with Gasteiger partial charge in [0.05, 0.1) is 35.9 Å². The highest BCUT2D eigenvalue weighted by Gasteiger charge is 2.59. The minimum Gasteiger partial charge on any atom is -0.458 e. The van der Waals surface area contributed by atoms with Crippen LogP contribution in [-0.2, 0) is 61.8 Å². The zero-order valence-electron chi connectivity index (χ0n) is 48.6. The Hall–Kier alpha value is -4.02. The van der Waals surface area contributed by atoms with Crippen LogP contribution in [0, 0.1) is 17.8 Å². The average molecular weight is 1120 g/mol. The van der Waals surface area contributed by atoms with Crippen molar-refractivity contribution in [3.05, 3.63) is 11.1 Å². The van der Waals surface area contributed by atoms with Gasteiger partial charge < -0.3 is 68.2 Å². The van der Waals surface area contributed by atoms with Gasteiger partial charge in [-0.1, -0.05) is 20.8 Å². The molecule has 0 radical (unpaired) electrons. The third-order valence-corrected chi connectivity index (χ3v) is 15.9. The van der Waals surface area contributed by atoms with E-state index in [0.717, 1.165) is 11.3 Å². The van der Waals surface area contributed by atoms with Crippen molar-refractivity contribution in [1.82, 2.24) is 25.7 Å². The summed E-state index contributed by atoms with van der Waals surface area (Å²) in [6.45, 7) is 26.4. The van der Waals surface area contributed by atoms with E-state index in [1.165, 1.54) is 21.0 Å². The van der Waals surface area contributed by atoms with Gasteiger partial charge in [-0.15, -0.1) is 16.4 Å². The van der Waals surface area contributed by atoms with Gasteiger partial charge in [0.25, 0.3) is 0 Å². The molecule has 77 heavy (non-hydrogen) atoms. The number of nitrogen functional groups attached to an aromatic ring is 1. The number of nitrogens with one attached hydrogen (secondary N) is 2. The highest BCUT2D eigenvalue weighted by atomic mass is 32.1. The molecule has 4 aliphatic rings. The minimum atomic E-state index is -1.66. The third-order valence-electron chi connectivity index (χ3n) is 15.2. The number of hydroxylamine groups is 1. The van der Waals surface area contributed by atoms with Crippen molar-refractivity contribution in [2.45, 2.75) is 231 Å². The van der Waals surface area contributed by atoms with Crippen molar-refractivity contribution in [3.63, 3.8) is 0 Å². The maximum atomic E-state index is 14.8. The number of ether oxygens (including phenoxy) is 10. The second kappa shape index (κ2) is 25.2. The zero-order chi connectivity index (χ0) is 57.9. The molecule has 440 valence electrons. The number of anilines is 1. The number of esters is 2. The predicted octanol–water partition coefficient (Wildman–Crippen LogP) is 4.86. The molecule has 1 aromatic rings. The largest absolute Gasteiger partial charge is 0.509 e. The molecular weight excluding hydrogens is 1030 g/mol. The van der Waals surface area contributed by atoms with Crippen LogP contribution in [0.5, 0.6) is 0 Å². The van der Waals surface area contributed by atoms with Crippen LogP contribution >= 0.6 is 11.3 Å². The Morgan fingerprint density at radius 3 is 2.26 bits per heavy atom. The number of nitrogens with zero attached hydrogens (tertiary/aromatic N) is 4. The number of aromatic nitrogens is 1. The Labute approximate surface area is 457 Å². The van der Waals surface area contributed by atoms with Crippen molar-refractivity contribution in [1.29, 1.82) is 0 Å². The second-order valence-electron chi connectivity index (χ2n) is 23.8. The van der Waals surface area contributed by atoms with Crippen LogP contribution in [0.25, 0.3) is 0 Å². The van der Waals surface area contributed by atoms with Gasteiger partial charge in [0.1, 0.15) is 29.1 Å². The molecule has 4 aliphatic heterocycles. The van der Waals surface area contributed by atoms with Crippen molar-refractivity contribution in [2.75, 3.05) is 40.5 Å². The molecule has 18 atom stereocenters. The molecule has 5 rings (SSSR count). The van der Waals surface area contributed by atoms with E-state index in [0.29, 0.717) is 13.0 Å². The maximum Gasteiger partial charge on any atom is 0.509 e. The second-order valence-corrected chi connectivity index (χ2v) is 24.7. The van der Waals surface area contributed by atoms with Crippen molar-refractivity contribution >= 4 is 46.5 Å². The number of nitrogens with two attached hydrogens (primary N) is 1. The number of hydrogen-bond acceptors (Lipinski definition) is 23. The van der Waals surface area contributed by atoms with Crippen LogP contribution in [0.2, 0.25) is 0 Å². The molecule has 1 aromatic heterocycles. The van der Waals surface area contributed by atoms with Gasteiger partial charge in [0.15, 0.2) is 47.0 Å². The Morgan fingerprint density at radius 2 is 1.68 bits per heavy atom. The Bertz CT molecular complexity index is 2210. The van der Waals surface area contributed by atoms with E-state index >= 15 is 0 Å². The topological polar surface area (TPSA) is 292 Å². The smallest absolute Gasteiger partial charge is 0.458 e. The molecule has 4 saturated heterocycles. The number of likely N-dealkylation sites (N-methyl/N-ethyl adjacent to an activating group) is 2. The summed E-state index contributed by atoms with van der Waals surface area (Å²) in [7, 11) is 7.07. The summed E-state index contributed by atoms with van der Waals surface area (Å²) >= 11 is 1.11. The van der Waals surface area contributed by atoms with Crippen LogP contribution in [0.15, 0.2) is 10.5 Å². The molecule has 1 amide bonds. The van der Waals surface area contributed by atoms with Gasteiger partial charge in [-0.25, -0.2) is 30.3 Å². The third kappa shape index (κ3) is 15.5. The molecule has 24 nitrogen and oxygen atoms in total. The predicted molar refractivity (Wildman–Crippen MR) is 282 cm³/mol. The molecule has 0 aliphatic carbocycles. The number of amides is 1. The van der Waals surface area contributed by atoms with Crippen LogP contribution in [0.4, 0.5) is 14.7 Å². The molecule has 25 heteroatoms. The normalized spacial score (nSPS) is 38.3. The fourth-order valence-electron chi connectivity index (χ4n) is 10.9. The standard InChI is InChI=1S/C52H89N7O17S/c1-20-34-52(15)39(73-47(64)75-52)30(6)59(18)24-26(2)22-50(13,65)38(71-43-36(60)33(58(16)17)21-27(3)67-43)28(4)37(29(5)42(61)69-34)70-35-23-51(14,66-19)40(31(7)68-35)72-46(63)56-55-41(32-25-77-45(53)54-32)57-76-49(11,12)44(62)74-48(8,9)10/h25-31,33-40,43,60,65H,20-24H2,1-19H3,(H2,53,54)(H,55,57)(H,56,63)/t26-,27-,28+,29-,30-,31+,33+,34-,35+,36-,37+,38-,39+,40+,43+,50-,51-,52-/m1/s1. The molecule has 4 fully saturated rings. The highest BCUT2D eigenvalue weighted by molar-refractivity contribution is 7.13. The SMILES string of the molecule is CC[C@H]1OC(=O)[C@H](C)[C@@H](O[C@H]2C[C@@](C)(OC)[C@@H](OC(=O)N/N=C(\NOC(C)(C)C(=O)OC(C)(C)C)c3csc(N)n3)[C@H](C)O2)[C@H](C)[C@@H](O[C@@H]2O[C@H](C)C[C@H](N(C)C)[C@H]2O)[C@](C)(O)C[C@@H](C)CN(C)[C@H](C)[C@@H]2OC(=O)O[C@]12C. The van der Waals surface area contributed by atoms with Gasteiger partial charge in [-0.2, -0.15) is 0 Å². The van der Waals surface area contributed by atoms with E-state index in [-0.39, 0.29) is 54.0 Å². The van der Waals surface area contributed by atoms with Crippen molar-refractivity contribution < 1.29 is 81.6 Å². The van der Waals surface area contributed by atoms with E-state index in [1.54, 1.807) is 67.7 Å². The highest BCUT2D eigenvalue weighted by Crippen LogP contribution is 2.42. The number of hydrazone groups is 1. The van der Waals surface area contributed by atoms with E-state index in [2.05, 4.69) is 21.0 Å². The van der Waals surface area contributed by atoms with E-state index in [1.807, 2.05) is 58.6 Å². The summed E-state index contributed by atoms with van der Waals surface area (Å²) < 4.78 is 62.3. The van der Waals surface area contributed by atoms with Gasteiger partial charge in [-0.3, -0.25) is 14.5 Å². The summed E-state index contributed by atoms with van der Waals surface area (Å²) in [5.74, 6) is -3.68. The van der Waals surface area contributed by atoms with Gasteiger partial charge in [0.2, 0.25) is 0 Å². The lowest BCUT2D eigenvalue weighted by atomic mass is 9.77. The fraction of sp³-hybridized carbons (Fsp3) is 0.846. The Morgan fingerprint density at radius 1 is 1.01 bits per heavy atom. The van der Waals surface area contributed by atoms with E-state index in [4.69, 9.17) is 57.9 Å². The summed E-state index contributed by atoms with van der Waals surface area (Å²) in [5.41, 5.74) is 4.38. The number of aliphatic hydroxyl groups excluding tert-OH is 1. The molecular formula is C52H89N7O17S. The zero-order valence-corrected chi connectivity index (χ0v) is 49.4. The van der Waals surface area contributed by atoms with Crippen LogP contribution in [-0.4, -0.2) is 191 Å². The summed E-state index contributed by atoms with van der Waals surface area (Å²) in [4.78, 5) is 68.3. The first-order valence-electron chi connectivity index (χ1n) is 26.5. The molecule has 5 heterocycles. The number of thiazole rings is 1. The fourth-order valence-corrected chi connectivity index (χ4v) is 11.5. The summed E-state index contributed by atoms with van der Waals surface area (Å²) in [5, 5.41) is 30.6. The number of carbonyl (C=O) groups excluding carboxylic acids is 4. The van der Waals surface area contributed by atoms with E-state index < -0.39 is 125 Å². The summed E-state index contributed by atoms with van der Waals surface area (Å²) in [6.07, 6.45) is -10.9. The molecule has 0 spiro atoms. The van der Waals surface area contributed by atoms with E-state index in [9.17, 15) is 29.4 Å². The molecule has 0 unspecified atom stereocenters. The lowest BCUT2D eigenvalue weighted by molar-refractivity contribution is -0.317. The molecule has 6 N–H and O–H groups in total. The van der Waals surface area contributed by atoms with Gasteiger partial charge >= 0.3 is 24.2 Å². The first-order valence-corrected chi connectivity index (χ1v) is 27.4. The average Bonchev–Trinajstić information content (AvgIpc) is 3.90. The number of cyclic esters (lactones) is 1. The quantitative estimate of drug-likeness (QED) is 0.0579. The number of hydrogen-bond donors (Lipinski definition) is 5. The first kappa shape index (κ1) is 63.8. The van der Waals surface area contributed by atoms with Crippen molar-refractivity contribution in [2.24, 2.45) is 22.9 Å². The molecule has 0 saturated carbocycles. The Kier molecular flexibility index (Phi) is 20.9. The number of amidine groups is 1. The lowest BCUT2D eigenvalue weighted by Gasteiger charge is -2.49. The summed E-state index contributed by atoms with van der Waals surface area (Å²) in [6, 6.07) is -0.758. The lowest BCUT2D eigenvalue weighted by Crippen LogP contribution is -2.61. The monoisotopic (exact) mass is 1120 g/mol. The number of fused-ring (bicyclic) bond motifs is 1. The Balaban J connectivity index is 1.48. The number of carbonyl (C=O) groups is 4. The van der Waals surface area contributed by atoms with Crippen LogP contribution in [0.3, 0.4) is 0 Å². The molecule has 0 aromatic carbocycles. The first-order chi connectivity index (χ1) is 35.6. The molecule has 0 bridgehead atoms.